The van der Waals surface area contributed by atoms with Crippen molar-refractivity contribution in [3.05, 3.63) is 0 Å². The first-order chi connectivity index (χ1) is 24.1. The van der Waals surface area contributed by atoms with Crippen LogP contribution in [-0.4, -0.2) is 85.7 Å². The summed E-state index contributed by atoms with van der Waals surface area (Å²) in [7, 11) is 0. The van der Waals surface area contributed by atoms with Gasteiger partial charge in [0.25, 0.3) is 0 Å². The average molecular weight is 695 g/mol. The molecule has 0 bridgehead atoms. The molecular weight excluding hydrogens is 608 g/mol. The molecule has 0 fully saturated rings. The van der Waals surface area contributed by atoms with Gasteiger partial charge in [-0.15, -0.1) is 0 Å². The monoisotopic (exact) mass is 695 g/mol. The minimum absolute atomic E-state index is 0.123. The predicted octanol–water partition coefficient (Wildman–Crippen LogP) is 9.80. The molecule has 0 unspecified atom stereocenters. The molecule has 0 aliphatic heterocycles. The van der Waals surface area contributed by atoms with Crippen LogP contribution in [0.2, 0.25) is 0 Å². The lowest BCUT2D eigenvalue weighted by atomic mass is 10.1. The molecule has 49 heavy (non-hydrogen) atoms. The van der Waals surface area contributed by atoms with Crippen molar-refractivity contribution >= 4 is 11.8 Å². The first-order valence-electron chi connectivity index (χ1n) is 21.7. The van der Waals surface area contributed by atoms with E-state index < -0.39 is 0 Å². The molecule has 0 heterocycles. The Kier molecular flexibility index (Phi) is 38.6. The van der Waals surface area contributed by atoms with Crippen LogP contribution in [0.3, 0.4) is 0 Å². The van der Waals surface area contributed by atoms with E-state index in [2.05, 4.69) is 41.2 Å². The highest BCUT2D eigenvalue weighted by Crippen LogP contribution is 2.13. The maximum Gasteiger partial charge on any atom is 0.221 e. The third kappa shape index (κ3) is 36.4. The minimum Gasteiger partial charge on any atom is -0.395 e. The van der Waals surface area contributed by atoms with Crippen LogP contribution in [-0.2, 0) is 9.59 Å². The number of hydrogen-bond donors (Lipinski definition) is 3. The zero-order valence-corrected chi connectivity index (χ0v) is 33.3. The van der Waals surface area contributed by atoms with Crippen LogP contribution in [0.25, 0.3) is 0 Å². The van der Waals surface area contributed by atoms with Crippen LogP contribution in [0.15, 0.2) is 0 Å². The number of hydrogen-bond acceptors (Lipinski definition) is 5. The largest absolute Gasteiger partial charge is 0.395 e. The van der Waals surface area contributed by atoms with E-state index >= 15 is 0 Å². The van der Waals surface area contributed by atoms with Gasteiger partial charge in [-0.1, -0.05) is 162 Å². The predicted molar refractivity (Wildman–Crippen MR) is 212 cm³/mol. The van der Waals surface area contributed by atoms with Gasteiger partial charge in [0.05, 0.1) is 6.61 Å². The number of aliphatic hydroxyl groups excluding tert-OH is 1. The SMILES string of the molecule is CCCCCCCCCCCCCCNC(=O)CCN(CCCN(CCC)CCO)CCC(=O)NCCCCCCCCCCCCCC. The number of carbonyl (C=O) groups excluding carboxylic acids is 2. The Morgan fingerprint density at radius 2 is 0.714 bits per heavy atom. The van der Waals surface area contributed by atoms with Crippen LogP contribution in [0.5, 0.6) is 0 Å². The van der Waals surface area contributed by atoms with E-state index in [0.717, 1.165) is 58.4 Å². The van der Waals surface area contributed by atoms with E-state index in [9.17, 15) is 14.7 Å². The average Bonchev–Trinajstić information content (AvgIpc) is 3.10. The second kappa shape index (κ2) is 39.6. The van der Waals surface area contributed by atoms with E-state index in [4.69, 9.17) is 0 Å². The van der Waals surface area contributed by atoms with Gasteiger partial charge in [-0.05, 0) is 45.3 Å². The van der Waals surface area contributed by atoms with Gasteiger partial charge in [0.1, 0.15) is 0 Å². The summed E-state index contributed by atoms with van der Waals surface area (Å²) in [6, 6.07) is 0. The first-order valence-corrected chi connectivity index (χ1v) is 21.7. The summed E-state index contributed by atoms with van der Waals surface area (Å²) < 4.78 is 0. The van der Waals surface area contributed by atoms with E-state index in [1.54, 1.807) is 0 Å². The third-order valence-electron chi connectivity index (χ3n) is 9.92. The molecule has 2 amide bonds. The number of amides is 2. The Bertz CT molecular complexity index is 641. The fraction of sp³-hybridized carbons (Fsp3) is 0.952. The summed E-state index contributed by atoms with van der Waals surface area (Å²) in [5.41, 5.74) is 0. The van der Waals surface area contributed by atoms with Crippen molar-refractivity contribution in [3.63, 3.8) is 0 Å². The highest BCUT2D eigenvalue weighted by molar-refractivity contribution is 5.76. The Morgan fingerprint density at radius 1 is 0.388 bits per heavy atom. The van der Waals surface area contributed by atoms with Crippen molar-refractivity contribution < 1.29 is 14.7 Å². The van der Waals surface area contributed by atoms with Crippen LogP contribution in [0.1, 0.15) is 201 Å². The van der Waals surface area contributed by atoms with Crippen molar-refractivity contribution in [1.29, 1.82) is 0 Å². The van der Waals surface area contributed by atoms with E-state index in [-0.39, 0.29) is 18.4 Å². The molecule has 0 rings (SSSR count). The van der Waals surface area contributed by atoms with Crippen molar-refractivity contribution in [2.45, 2.75) is 201 Å². The molecule has 0 atom stereocenters. The fourth-order valence-corrected chi connectivity index (χ4v) is 6.73. The number of unbranched alkanes of at least 4 members (excludes halogenated alkanes) is 22. The highest BCUT2D eigenvalue weighted by Gasteiger charge is 2.12. The Morgan fingerprint density at radius 3 is 1.04 bits per heavy atom. The molecule has 0 aliphatic rings. The third-order valence-corrected chi connectivity index (χ3v) is 9.92. The molecule has 0 saturated heterocycles. The van der Waals surface area contributed by atoms with E-state index in [1.165, 1.54) is 141 Å². The molecule has 0 aromatic heterocycles. The number of rotatable bonds is 40. The van der Waals surface area contributed by atoms with Gasteiger partial charge >= 0.3 is 0 Å². The molecule has 7 heteroatoms. The second-order valence-electron chi connectivity index (χ2n) is 14.7. The lowest BCUT2D eigenvalue weighted by Gasteiger charge is -2.25. The molecule has 0 radical (unpaired) electrons. The topological polar surface area (TPSA) is 84.9 Å². The quantitative estimate of drug-likeness (QED) is 0.0556. The van der Waals surface area contributed by atoms with Crippen LogP contribution < -0.4 is 10.6 Å². The van der Waals surface area contributed by atoms with Crippen molar-refractivity contribution in [1.82, 2.24) is 20.4 Å². The Hall–Kier alpha value is -1.18. The van der Waals surface area contributed by atoms with Gasteiger partial charge < -0.3 is 25.5 Å². The maximum atomic E-state index is 12.6. The van der Waals surface area contributed by atoms with Gasteiger partial charge in [-0.2, -0.15) is 0 Å². The molecular formula is C42H86N4O3. The van der Waals surface area contributed by atoms with Crippen LogP contribution >= 0.6 is 0 Å². The van der Waals surface area contributed by atoms with Gasteiger partial charge in [0.2, 0.25) is 11.8 Å². The normalized spacial score (nSPS) is 11.6. The molecule has 0 aromatic rings. The van der Waals surface area contributed by atoms with Crippen molar-refractivity contribution in [2.24, 2.45) is 0 Å². The molecule has 292 valence electrons. The smallest absolute Gasteiger partial charge is 0.221 e. The molecule has 0 aromatic carbocycles. The Labute approximate surface area is 305 Å². The summed E-state index contributed by atoms with van der Waals surface area (Å²) in [5.74, 6) is 0.245. The summed E-state index contributed by atoms with van der Waals surface area (Å²) >= 11 is 0. The number of aliphatic hydroxyl groups is 1. The lowest BCUT2D eigenvalue weighted by Crippen LogP contribution is -2.37. The number of nitrogens with zero attached hydrogens (tertiary/aromatic N) is 2. The standard InChI is InChI=1S/C42H86N4O3/c1-4-7-9-11-13-15-17-19-21-23-25-27-32-43-41(48)30-37-46(36-29-35-45(34-6-3)39-40-47)38-31-42(49)44-33-28-26-24-22-20-18-16-14-12-10-8-5-2/h47H,4-40H2,1-3H3,(H,43,48)(H,44,49). The number of nitrogens with one attached hydrogen (secondary N) is 2. The number of carbonyl (C=O) groups is 2. The zero-order valence-electron chi connectivity index (χ0n) is 33.3. The van der Waals surface area contributed by atoms with Gasteiger partial charge in [0.15, 0.2) is 0 Å². The summed E-state index contributed by atoms with van der Waals surface area (Å²) in [6.07, 6.45) is 34.8. The van der Waals surface area contributed by atoms with E-state index in [1.807, 2.05) is 0 Å². The van der Waals surface area contributed by atoms with Crippen molar-refractivity contribution in [3.8, 4) is 0 Å². The Balaban J connectivity index is 4.18. The maximum absolute atomic E-state index is 12.6. The van der Waals surface area contributed by atoms with Crippen molar-refractivity contribution in [2.75, 3.05) is 59.0 Å². The molecule has 0 spiro atoms. The molecule has 0 aliphatic carbocycles. The minimum atomic E-state index is 0.123. The molecule has 7 nitrogen and oxygen atoms in total. The van der Waals surface area contributed by atoms with Gasteiger partial charge in [-0.3, -0.25) is 9.59 Å². The molecule has 0 saturated carbocycles. The summed E-state index contributed by atoms with van der Waals surface area (Å²) in [5, 5.41) is 15.7. The first kappa shape index (κ1) is 47.8. The lowest BCUT2D eigenvalue weighted by molar-refractivity contribution is -0.121. The van der Waals surface area contributed by atoms with E-state index in [0.29, 0.717) is 32.5 Å². The van der Waals surface area contributed by atoms with Gasteiger partial charge in [-0.25, -0.2) is 0 Å². The zero-order chi connectivity index (χ0) is 35.9. The fourth-order valence-electron chi connectivity index (χ4n) is 6.73. The second-order valence-corrected chi connectivity index (χ2v) is 14.7. The van der Waals surface area contributed by atoms with Gasteiger partial charge in [0, 0.05) is 45.6 Å². The van der Waals surface area contributed by atoms with Crippen LogP contribution in [0, 0.1) is 0 Å². The summed E-state index contributed by atoms with van der Waals surface area (Å²) in [4.78, 5) is 29.9. The highest BCUT2D eigenvalue weighted by atomic mass is 16.3. The van der Waals surface area contributed by atoms with Crippen LogP contribution in [0.4, 0.5) is 0 Å². The summed E-state index contributed by atoms with van der Waals surface area (Å²) in [6.45, 7) is 13.3. The molecule has 3 N–H and O–H groups in total.